The van der Waals surface area contributed by atoms with Gasteiger partial charge in [-0.1, -0.05) is 42.7 Å². The fourth-order valence-corrected chi connectivity index (χ4v) is 2.56. The minimum absolute atomic E-state index is 0.0695. The molecule has 27 heavy (non-hydrogen) atoms. The minimum atomic E-state index is -0.398. The van der Waals surface area contributed by atoms with E-state index in [1.165, 1.54) is 6.08 Å². The Morgan fingerprint density at radius 1 is 1.22 bits per heavy atom. The summed E-state index contributed by atoms with van der Waals surface area (Å²) in [4.78, 5) is 20.8. The van der Waals surface area contributed by atoms with Crippen molar-refractivity contribution in [2.45, 2.75) is 19.9 Å². The number of pyridine rings is 1. The molecule has 1 atom stereocenters. The van der Waals surface area contributed by atoms with Gasteiger partial charge in [-0.05, 0) is 41.8 Å². The van der Waals surface area contributed by atoms with E-state index in [-0.39, 0.29) is 11.8 Å². The third-order valence-electron chi connectivity index (χ3n) is 3.89. The van der Waals surface area contributed by atoms with Crippen LogP contribution in [0, 0.1) is 5.92 Å². The Bertz CT molecular complexity index is 921. The van der Waals surface area contributed by atoms with E-state index >= 15 is 0 Å². The topological polar surface area (TPSA) is 80.9 Å². The Morgan fingerprint density at radius 2 is 2.00 bits per heavy atom. The highest BCUT2D eigenvalue weighted by Crippen LogP contribution is 2.23. The average molecular weight is 383 g/mol. The lowest BCUT2D eigenvalue weighted by Gasteiger charge is -2.17. The van der Waals surface area contributed by atoms with Gasteiger partial charge in [-0.3, -0.25) is 9.78 Å². The third kappa shape index (κ3) is 5.01. The molecular weight excluding hydrogens is 364 g/mol. The Balaban J connectivity index is 1.71. The van der Waals surface area contributed by atoms with E-state index < -0.39 is 6.04 Å². The Kier molecular flexibility index (Phi) is 5.98. The SMILES string of the molecule is CC(C)C(NC(=O)/C=C/c1ccc(Cl)cc1)c1nc(-c2cccnc2)no1. The quantitative estimate of drug-likeness (QED) is 0.642. The summed E-state index contributed by atoms with van der Waals surface area (Å²) < 4.78 is 5.38. The molecule has 1 N–H and O–H groups in total. The third-order valence-corrected chi connectivity index (χ3v) is 4.14. The van der Waals surface area contributed by atoms with Crippen LogP contribution in [0.15, 0.2) is 59.4 Å². The summed E-state index contributed by atoms with van der Waals surface area (Å²) in [6.07, 6.45) is 6.52. The predicted octanol–water partition coefficient (Wildman–Crippen LogP) is 4.31. The van der Waals surface area contributed by atoms with Gasteiger partial charge in [-0.15, -0.1) is 0 Å². The van der Waals surface area contributed by atoms with Gasteiger partial charge in [0, 0.05) is 29.1 Å². The molecule has 3 aromatic rings. The molecule has 0 saturated carbocycles. The fraction of sp³-hybridized carbons (Fsp3) is 0.200. The number of benzene rings is 1. The summed E-state index contributed by atoms with van der Waals surface area (Å²) in [6, 6.07) is 10.5. The highest BCUT2D eigenvalue weighted by atomic mass is 35.5. The van der Waals surface area contributed by atoms with Crippen LogP contribution in [0.25, 0.3) is 17.5 Å². The van der Waals surface area contributed by atoms with E-state index in [2.05, 4.69) is 20.4 Å². The number of nitrogens with one attached hydrogen (secondary N) is 1. The smallest absolute Gasteiger partial charge is 0.249 e. The highest BCUT2D eigenvalue weighted by Gasteiger charge is 2.24. The molecule has 0 aliphatic carbocycles. The molecule has 3 rings (SSSR count). The molecule has 1 amide bonds. The van der Waals surface area contributed by atoms with Crippen molar-refractivity contribution in [3.8, 4) is 11.4 Å². The van der Waals surface area contributed by atoms with Crippen molar-refractivity contribution >= 4 is 23.6 Å². The molecule has 0 aliphatic heterocycles. The summed E-state index contributed by atoms with van der Waals surface area (Å²) in [5, 5.41) is 7.56. The molecule has 0 spiro atoms. The van der Waals surface area contributed by atoms with E-state index in [1.54, 1.807) is 36.7 Å². The van der Waals surface area contributed by atoms with Crippen molar-refractivity contribution < 1.29 is 9.32 Å². The molecular formula is C20H19ClN4O2. The van der Waals surface area contributed by atoms with Crippen molar-refractivity contribution in [2.75, 3.05) is 0 Å². The number of hydrogen-bond donors (Lipinski definition) is 1. The van der Waals surface area contributed by atoms with Gasteiger partial charge in [0.1, 0.15) is 6.04 Å². The summed E-state index contributed by atoms with van der Waals surface area (Å²) in [7, 11) is 0. The predicted molar refractivity (Wildman–Crippen MR) is 104 cm³/mol. The number of carbonyl (C=O) groups is 1. The minimum Gasteiger partial charge on any atom is -0.340 e. The second-order valence-electron chi connectivity index (χ2n) is 6.31. The van der Waals surface area contributed by atoms with Crippen LogP contribution in [0.2, 0.25) is 5.02 Å². The Hall–Kier alpha value is -2.99. The van der Waals surface area contributed by atoms with Crippen molar-refractivity contribution in [1.29, 1.82) is 0 Å². The number of nitrogens with zero attached hydrogens (tertiary/aromatic N) is 3. The van der Waals surface area contributed by atoms with Crippen molar-refractivity contribution in [2.24, 2.45) is 5.92 Å². The molecule has 2 aromatic heterocycles. The van der Waals surface area contributed by atoms with Crippen molar-refractivity contribution in [3.63, 3.8) is 0 Å². The molecule has 0 saturated heterocycles. The number of carbonyl (C=O) groups excluding carboxylic acids is 1. The lowest BCUT2D eigenvalue weighted by molar-refractivity contribution is -0.117. The van der Waals surface area contributed by atoms with Crippen LogP contribution < -0.4 is 5.32 Å². The van der Waals surface area contributed by atoms with Gasteiger partial charge >= 0.3 is 0 Å². The molecule has 0 aliphatic rings. The monoisotopic (exact) mass is 382 g/mol. The van der Waals surface area contributed by atoms with Gasteiger partial charge < -0.3 is 9.84 Å². The zero-order valence-electron chi connectivity index (χ0n) is 15.0. The summed E-state index contributed by atoms with van der Waals surface area (Å²) >= 11 is 5.86. The maximum Gasteiger partial charge on any atom is 0.249 e. The molecule has 2 heterocycles. The van der Waals surface area contributed by atoms with Gasteiger partial charge in [0.05, 0.1) is 0 Å². The van der Waals surface area contributed by atoms with E-state index in [1.807, 2.05) is 32.0 Å². The first kappa shape index (κ1) is 18.8. The van der Waals surface area contributed by atoms with Crippen molar-refractivity contribution in [3.05, 3.63) is 71.3 Å². The molecule has 1 unspecified atom stereocenters. The highest BCUT2D eigenvalue weighted by molar-refractivity contribution is 6.30. The van der Waals surface area contributed by atoms with Gasteiger partial charge in [-0.2, -0.15) is 4.98 Å². The largest absolute Gasteiger partial charge is 0.340 e. The lowest BCUT2D eigenvalue weighted by atomic mass is 10.0. The van der Waals surface area contributed by atoms with Crippen LogP contribution in [0.5, 0.6) is 0 Å². The average Bonchev–Trinajstić information content (AvgIpc) is 3.16. The number of amides is 1. The van der Waals surface area contributed by atoms with E-state index in [9.17, 15) is 4.79 Å². The van der Waals surface area contributed by atoms with Crippen LogP contribution in [0.3, 0.4) is 0 Å². The molecule has 6 nitrogen and oxygen atoms in total. The fourth-order valence-electron chi connectivity index (χ4n) is 2.43. The van der Waals surface area contributed by atoms with Gasteiger partial charge in [0.25, 0.3) is 0 Å². The summed E-state index contributed by atoms with van der Waals surface area (Å²) in [5.41, 5.74) is 1.64. The van der Waals surface area contributed by atoms with E-state index in [0.29, 0.717) is 16.7 Å². The second-order valence-corrected chi connectivity index (χ2v) is 6.75. The van der Waals surface area contributed by atoms with Crippen LogP contribution in [-0.4, -0.2) is 21.0 Å². The normalized spacial score (nSPS) is 12.4. The number of rotatable bonds is 6. The Labute approximate surface area is 162 Å². The molecule has 0 bridgehead atoms. The molecule has 1 aromatic carbocycles. The number of aromatic nitrogens is 3. The van der Waals surface area contributed by atoms with Crippen molar-refractivity contribution in [1.82, 2.24) is 20.4 Å². The van der Waals surface area contributed by atoms with Crippen LogP contribution in [0.1, 0.15) is 31.3 Å². The number of halogens is 1. The van der Waals surface area contributed by atoms with Crippen LogP contribution >= 0.6 is 11.6 Å². The lowest BCUT2D eigenvalue weighted by Crippen LogP contribution is -2.30. The zero-order chi connectivity index (χ0) is 19.2. The van der Waals surface area contributed by atoms with E-state index in [0.717, 1.165) is 11.1 Å². The number of hydrogen-bond acceptors (Lipinski definition) is 5. The van der Waals surface area contributed by atoms with Crippen LogP contribution in [-0.2, 0) is 4.79 Å². The van der Waals surface area contributed by atoms with E-state index in [4.69, 9.17) is 16.1 Å². The molecule has 0 radical (unpaired) electrons. The summed E-state index contributed by atoms with van der Waals surface area (Å²) in [5.74, 6) is 0.622. The van der Waals surface area contributed by atoms with Gasteiger partial charge in [0.15, 0.2) is 0 Å². The maximum atomic E-state index is 12.3. The first-order chi connectivity index (χ1) is 13.0. The first-order valence-corrected chi connectivity index (χ1v) is 8.89. The van der Waals surface area contributed by atoms with Gasteiger partial charge in [-0.25, -0.2) is 0 Å². The summed E-state index contributed by atoms with van der Waals surface area (Å²) in [6.45, 7) is 3.95. The standard InChI is InChI=1S/C20H19ClN4O2/c1-13(2)18(20-24-19(25-27-20)15-4-3-11-22-12-15)23-17(26)10-7-14-5-8-16(21)9-6-14/h3-13,18H,1-2H3,(H,23,26)/b10-7+. The second kappa shape index (κ2) is 8.60. The molecule has 0 fully saturated rings. The maximum absolute atomic E-state index is 12.3. The van der Waals surface area contributed by atoms with Crippen LogP contribution in [0.4, 0.5) is 0 Å². The molecule has 138 valence electrons. The Morgan fingerprint density at radius 3 is 2.67 bits per heavy atom. The zero-order valence-corrected chi connectivity index (χ0v) is 15.7. The molecule has 7 heteroatoms. The van der Waals surface area contributed by atoms with Gasteiger partial charge in [0.2, 0.25) is 17.6 Å². The first-order valence-electron chi connectivity index (χ1n) is 8.51.